The van der Waals surface area contributed by atoms with E-state index in [1.54, 1.807) is 0 Å². The number of nitrogens with zero attached hydrogens (tertiary/aromatic N) is 4. The minimum Gasteiger partial charge on any atom is -0.374 e. The summed E-state index contributed by atoms with van der Waals surface area (Å²) in [6, 6.07) is 63.0. The molecule has 0 amide bonds. The van der Waals surface area contributed by atoms with Gasteiger partial charge in [0.2, 0.25) is 0 Å². The van der Waals surface area contributed by atoms with Gasteiger partial charge in [-0.25, -0.2) is 6.07 Å². The number of aromatic nitrogens is 4. The molecule has 2 heterocycles. The molecule has 54 heavy (non-hydrogen) atoms. The first kappa shape index (κ1) is 40.6. The molecule has 0 saturated heterocycles. The molecule has 0 aliphatic heterocycles. The van der Waals surface area contributed by atoms with Crippen LogP contribution >= 0.6 is 0 Å². The smallest absolute Gasteiger partial charge is 0.0751 e. The van der Waals surface area contributed by atoms with E-state index >= 15 is 0 Å². The number of hydrogen-bond acceptors (Lipinski definition) is 3. The molecular weight excluding hydrogens is 912 g/mol. The summed E-state index contributed by atoms with van der Waals surface area (Å²) < 4.78 is 2.18. The van der Waals surface area contributed by atoms with Crippen molar-refractivity contribution < 1.29 is 52.8 Å². The third-order valence-corrected chi connectivity index (χ3v) is 8.88. The van der Waals surface area contributed by atoms with Gasteiger partial charge in [0, 0.05) is 84.2 Å². The first-order valence-electron chi connectivity index (χ1n) is 17.0. The second kappa shape index (κ2) is 17.7. The topological polar surface area (TPSA) is 43.6 Å². The zero-order valence-corrected chi connectivity index (χ0v) is 35.4. The van der Waals surface area contributed by atoms with Crippen LogP contribution in [-0.4, -0.2) is 27.9 Å². The summed E-state index contributed by atoms with van der Waals surface area (Å²) >= 11 is 0. The molecule has 261 valence electrons. The molecule has 0 atom stereocenters. The Balaban J connectivity index is 0.000000252. The third kappa shape index (κ3) is 8.54. The Kier molecular flexibility index (Phi) is 13.3. The predicted molar refractivity (Wildman–Crippen MR) is 214 cm³/mol. The van der Waals surface area contributed by atoms with Gasteiger partial charge in [0.05, 0.1) is 16.9 Å². The van der Waals surface area contributed by atoms with Crippen molar-refractivity contribution in [3.63, 3.8) is 0 Å². The van der Waals surface area contributed by atoms with Gasteiger partial charge in [-0.1, -0.05) is 98.3 Å². The summed E-state index contributed by atoms with van der Waals surface area (Å²) in [5.41, 5.74) is 7.91. The van der Waals surface area contributed by atoms with E-state index in [-0.39, 0.29) is 66.6 Å². The minimum atomic E-state index is 0. The standard InChI is InChI=1S/C33H19N2.C14H15N2.B.Ir.Y/c1-2-12-28(13-3-1)35-32-16-7-6-15-31(32)34-33(35)27-11-8-10-24(22-27)25-19-20-30-26(21-25)18-17-23-9-4-5-14-29(23)30;1-14(2,3)12-9-10-15-13(16-12)11-7-5-4-6-8-11;;;/h1-10,12-18,20-21H;4-7,9-10H,1-3H3;;;/q-3;-1;;;. The van der Waals surface area contributed by atoms with E-state index in [0.717, 1.165) is 56.3 Å². The Morgan fingerprint density at radius 3 is 2.15 bits per heavy atom. The van der Waals surface area contributed by atoms with E-state index in [2.05, 4.69) is 126 Å². The van der Waals surface area contributed by atoms with Crippen molar-refractivity contribution in [1.82, 2.24) is 19.5 Å². The molecule has 0 bridgehead atoms. The van der Waals surface area contributed by atoms with Gasteiger partial charge in [0.15, 0.2) is 0 Å². The second-order valence-electron chi connectivity index (χ2n) is 13.4. The van der Waals surface area contributed by atoms with E-state index in [0.29, 0.717) is 0 Å². The van der Waals surface area contributed by atoms with Gasteiger partial charge < -0.3 is 15.6 Å². The quantitative estimate of drug-likeness (QED) is 0.100. The molecule has 4 nitrogen and oxygen atoms in total. The summed E-state index contributed by atoms with van der Waals surface area (Å²) in [6.07, 6.45) is 1.81. The van der Waals surface area contributed by atoms with Gasteiger partial charge in [0.1, 0.15) is 0 Å². The summed E-state index contributed by atoms with van der Waals surface area (Å²) in [6.45, 7) is 6.44. The van der Waals surface area contributed by atoms with E-state index < -0.39 is 0 Å². The first-order valence-corrected chi connectivity index (χ1v) is 17.0. The van der Waals surface area contributed by atoms with Crippen molar-refractivity contribution in [2.75, 3.05) is 0 Å². The number of imidazole rings is 1. The van der Waals surface area contributed by atoms with Gasteiger partial charge in [0.25, 0.3) is 0 Å². The molecule has 9 rings (SSSR count). The Labute approximate surface area is 357 Å². The second-order valence-corrected chi connectivity index (χ2v) is 13.4. The molecule has 9 aromatic rings. The molecule has 0 N–H and O–H groups in total. The largest absolute Gasteiger partial charge is 0.374 e. The molecular formula is C47H34BIrN4Y-4. The third-order valence-electron chi connectivity index (χ3n) is 8.88. The van der Waals surface area contributed by atoms with Gasteiger partial charge in [-0.05, 0) is 41.5 Å². The maximum Gasteiger partial charge on any atom is 0.0751 e. The van der Waals surface area contributed by atoms with Crippen molar-refractivity contribution in [1.29, 1.82) is 0 Å². The number of fused-ring (bicyclic) bond motifs is 4. The van der Waals surface area contributed by atoms with Crippen LogP contribution in [0.5, 0.6) is 0 Å². The van der Waals surface area contributed by atoms with Gasteiger partial charge in [-0.15, -0.1) is 59.5 Å². The van der Waals surface area contributed by atoms with Crippen molar-refractivity contribution in [3.8, 4) is 39.6 Å². The van der Waals surface area contributed by atoms with Crippen LogP contribution in [0.25, 0.3) is 72.2 Å². The van der Waals surface area contributed by atoms with Crippen LogP contribution in [0.4, 0.5) is 0 Å². The van der Waals surface area contributed by atoms with Crippen LogP contribution in [0.3, 0.4) is 0 Å². The molecule has 5 radical (unpaired) electrons. The average molecular weight is 947 g/mol. The molecule has 0 aliphatic rings. The molecule has 7 heteroatoms. The summed E-state index contributed by atoms with van der Waals surface area (Å²) in [5.74, 6) is 1.57. The van der Waals surface area contributed by atoms with Crippen molar-refractivity contribution in [2.45, 2.75) is 26.2 Å². The Morgan fingerprint density at radius 1 is 0.611 bits per heavy atom. The zero-order valence-electron chi connectivity index (χ0n) is 30.2. The Bertz CT molecular complexity index is 2640. The fourth-order valence-electron chi connectivity index (χ4n) is 6.27. The van der Waals surface area contributed by atoms with Crippen LogP contribution in [0, 0.1) is 24.3 Å². The van der Waals surface area contributed by atoms with E-state index in [9.17, 15) is 0 Å². The van der Waals surface area contributed by atoms with Gasteiger partial charge in [-0.2, -0.15) is 5.56 Å². The van der Waals surface area contributed by atoms with Crippen molar-refractivity contribution in [3.05, 3.63) is 182 Å². The number of rotatable bonds is 4. The van der Waals surface area contributed by atoms with E-state index in [4.69, 9.17) is 4.98 Å². The molecule has 0 unspecified atom stereocenters. The fraction of sp³-hybridized carbons (Fsp3) is 0.0851. The average Bonchev–Trinajstić information content (AvgIpc) is 3.58. The van der Waals surface area contributed by atoms with Crippen molar-refractivity contribution >= 4 is 41.0 Å². The maximum atomic E-state index is 4.97. The summed E-state index contributed by atoms with van der Waals surface area (Å²) in [5, 5.41) is 4.89. The van der Waals surface area contributed by atoms with Crippen LogP contribution < -0.4 is 0 Å². The SMILES string of the molecule is CC(C)(C)c1ccnc(-c2[c-]cccc2)n1.[B].[Ir].[Y].[c-]1ccc(-c2[c-]cc3c(ccc4ccccc43)c2)[c-]c1-c1nc2ccccc2n1-c1ccccc1. The van der Waals surface area contributed by atoms with E-state index in [1.807, 2.05) is 85.1 Å². The molecule has 0 spiro atoms. The van der Waals surface area contributed by atoms with Gasteiger partial charge in [-0.3, -0.25) is 33.2 Å². The van der Waals surface area contributed by atoms with Gasteiger partial charge >= 0.3 is 0 Å². The monoisotopic (exact) mass is 947 g/mol. The molecule has 7 aromatic carbocycles. The number of benzene rings is 7. The molecule has 2 aromatic heterocycles. The maximum absolute atomic E-state index is 4.97. The molecule has 0 saturated carbocycles. The normalized spacial score (nSPS) is 10.8. The van der Waals surface area contributed by atoms with Crippen LogP contribution in [0.2, 0.25) is 0 Å². The number of hydrogen-bond donors (Lipinski definition) is 0. The number of para-hydroxylation sites is 3. The van der Waals surface area contributed by atoms with Crippen LogP contribution in [0.1, 0.15) is 26.5 Å². The Morgan fingerprint density at radius 2 is 1.35 bits per heavy atom. The molecule has 0 fully saturated rings. The zero-order chi connectivity index (χ0) is 34.8. The fourth-order valence-corrected chi connectivity index (χ4v) is 6.27. The summed E-state index contributed by atoms with van der Waals surface area (Å²) in [4.78, 5) is 13.8. The Hall–Kier alpha value is -4.57. The van der Waals surface area contributed by atoms with Crippen molar-refractivity contribution in [2.24, 2.45) is 0 Å². The minimum absolute atomic E-state index is 0. The summed E-state index contributed by atoms with van der Waals surface area (Å²) in [7, 11) is 0. The van der Waals surface area contributed by atoms with Crippen LogP contribution in [-0.2, 0) is 58.2 Å². The predicted octanol–water partition coefficient (Wildman–Crippen LogP) is 10.9. The first-order chi connectivity index (χ1) is 24.9. The van der Waals surface area contributed by atoms with Crippen LogP contribution in [0.15, 0.2) is 152 Å². The molecule has 0 aliphatic carbocycles. The van der Waals surface area contributed by atoms with E-state index in [1.165, 1.54) is 21.5 Å².